The zero-order chi connectivity index (χ0) is 16.8. The van der Waals surface area contributed by atoms with E-state index in [9.17, 15) is 5.11 Å². The van der Waals surface area contributed by atoms with Crippen molar-refractivity contribution in [3.63, 3.8) is 0 Å². The molecule has 0 radical (unpaired) electrons. The molecule has 0 aliphatic rings. The van der Waals surface area contributed by atoms with Gasteiger partial charge in [0.2, 0.25) is 0 Å². The van der Waals surface area contributed by atoms with E-state index < -0.39 is 13.9 Å². The summed E-state index contributed by atoms with van der Waals surface area (Å²) in [5, 5.41) is 9.87. The van der Waals surface area contributed by atoms with E-state index in [1.807, 2.05) is 56.3 Å². The molecule has 2 rings (SSSR count). The van der Waals surface area contributed by atoms with Crippen LogP contribution in [0.4, 0.5) is 0 Å². The molecule has 0 amide bonds. The maximum absolute atomic E-state index is 9.87. The Morgan fingerprint density at radius 2 is 1.32 bits per heavy atom. The van der Waals surface area contributed by atoms with Crippen LogP contribution >= 0.6 is 35.7 Å². The van der Waals surface area contributed by atoms with Crippen LogP contribution in [0.15, 0.2) is 48.5 Å². The molecule has 2 nitrogen and oxygen atoms in total. The van der Waals surface area contributed by atoms with Crippen molar-refractivity contribution < 1.29 is 9.84 Å². The molecule has 0 unspecified atom stereocenters. The normalized spacial score (nSPS) is 10.9. The van der Waals surface area contributed by atoms with Crippen molar-refractivity contribution in [2.75, 3.05) is 0 Å². The van der Waals surface area contributed by atoms with Crippen LogP contribution in [-0.2, 0) is 0 Å². The molecule has 0 bridgehead atoms. The number of hydrogen-bond acceptors (Lipinski definition) is 2. The van der Waals surface area contributed by atoms with E-state index >= 15 is 0 Å². The van der Waals surface area contributed by atoms with Crippen molar-refractivity contribution in [1.82, 2.24) is 0 Å². The summed E-state index contributed by atoms with van der Waals surface area (Å²) in [4.78, 5) is 0. The van der Waals surface area contributed by atoms with E-state index in [1.165, 1.54) is 0 Å². The zero-order valence-corrected chi connectivity index (χ0v) is 17.9. The second kappa shape index (κ2) is 9.33. The number of phenols is 1. The molecular weight excluding hydrogens is 473 g/mol. The van der Waals surface area contributed by atoms with Gasteiger partial charge in [0.05, 0.1) is 6.10 Å². The SMILES string of the molecule is CC(C)Oc1ccccc1-c1ccccc1O.[Cl][Sn]([Cl])([Cl])[Cl]. The summed E-state index contributed by atoms with van der Waals surface area (Å²) >= 11 is -3.29. The second-order valence-electron chi connectivity index (χ2n) is 4.61. The third-order valence-electron chi connectivity index (χ3n) is 2.44. The first-order chi connectivity index (χ1) is 10.2. The number of rotatable bonds is 3. The topological polar surface area (TPSA) is 29.5 Å². The van der Waals surface area contributed by atoms with E-state index in [-0.39, 0.29) is 11.9 Å². The molecule has 22 heavy (non-hydrogen) atoms. The van der Waals surface area contributed by atoms with Crippen LogP contribution in [0.2, 0.25) is 0 Å². The van der Waals surface area contributed by atoms with E-state index in [0.29, 0.717) is 0 Å². The van der Waals surface area contributed by atoms with Gasteiger partial charge in [-0.15, -0.1) is 0 Å². The van der Waals surface area contributed by atoms with Crippen LogP contribution in [0.25, 0.3) is 11.1 Å². The van der Waals surface area contributed by atoms with Gasteiger partial charge in [-0.1, -0.05) is 36.4 Å². The van der Waals surface area contributed by atoms with Crippen molar-refractivity contribution in [2.45, 2.75) is 20.0 Å². The Morgan fingerprint density at radius 1 is 0.864 bits per heavy atom. The van der Waals surface area contributed by atoms with Crippen LogP contribution in [-0.4, -0.2) is 25.1 Å². The molecule has 0 aliphatic carbocycles. The van der Waals surface area contributed by atoms with Gasteiger partial charge < -0.3 is 9.84 Å². The van der Waals surface area contributed by atoms with Crippen LogP contribution in [0.3, 0.4) is 0 Å². The van der Waals surface area contributed by atoms with Crippen molar-refractivity contribution in [3.8, 4) is 22.6 Å². The summed E-state index contributed by atoms with van der Waals surface area (Å²) in [5.41, 5.74) is 1.71. The maximum atomic E-state index is 9.87. The standard InChI is InChI=1S/C15H16O2.4ClH.Sn/c1-11(2)17-15-10-6-4-8-13(15)12-7-3-5-9-14(12)16;;;;;/h3-11,16H,1-2H3;4*1H;/q;;;;;+4/p-4. The molecule has 7 heteroatoms. The predicted octanol–water partition coefficient (Wildman–Crippen LogP) is 6.22. The molecule has 0 spiro atoms. The van der Waals surface area contributed by atoms with Gasteiger partial charge in [-0.25, -0.2) is 0 Å². The van der Waals surface area contributed by atoms with Crippen LogP contribution in [0.5, 0.6) is 11.5 Å². The average Bonchev–Trinajstić information content (AvgIpc) is 2.38. The first-order valence-electron chi connectivity index (χ1n) is 6.48. The van der Waals surface area contributed by atoms with Crippen LogP contribution in [0.1, 0.15) is 13.8 Å². The molecule has 0 fully saturated rings. The van der Waals surface area contributed by atoms with Gasteiger partial charge in [0.15, 0.2) is 0 Å². The third-order valence-corrected chi connectivity index (χ3v) is 2.44. The number of ether oxygens (including phenoxy) is 1. The van der Waals surface area contributed by atoms with Gasteiger partial charge in [0, 0.05) is 11.1 Å². The van der Waals surface area contributed by atoms with E-state index in [4.69, 9.17) is 40.4 Å². The molecule has 2 aromatic rings. The minimum atomic E-state index is -3.29. The average molecular weight is 489 g/mol. The summed E-state index contributed by atoms with van der Waals surface area (Å²) in [6.45, 7) is 3.98. The zero-order valence-electron chi connectivity index (χ0n) is 12.1. The van der Waals surface area contributed by atoms with Gasteiger partial charge in [0.1, 0.15) is 11.5 Å². The van der Waals surface area contributed by atoms with Crippen LogP contribution in [0, 0.1) is 0 Å². The molecule has 1 N–H and O–H groups in total. The van der Waals surface area contributed by atoms with Gasteiger partial charge in [-0.05, 0) is 26.0 Å². The van der Waals surface area contributed by atoms with E-state index in [2.05, 4.69) is 0 Å². The monoisotopic (exact) mass is 488 g/mol. The fraction of sp³-hybridized carbons (Fsp3) is 0.200. The Balaban J connectivity index is 0.000000422. The second-order valence-corrected chi connectivity index (χ2v) is 30.1. The molecule has 120 valence electrons. The fourth-order valence-electron chi connectivity index (χ4n) is 1.75. The number of para-hydroxylation sites is 2. The number of hydrogen-bond donors (Lipinski definition) is 1. The van der Waals surface area contributed by atoms with Crippen molar-refractivity contribution >= 4 is 49.6 Å². The molecule has 0 atom stereocenters. The number of phenolic OH excluding ortho intramolecular Hbond substituents is 1. The summed E-state index contributed by atoms with van der Waals surface area (Å²) in [6, 6.07) is 15.0. The van der Waals surface area contributed by atoms with Crippen molar-refractivity contribution in [2.24, 2.45) is 0 Å². The minimum absolute atomic E-state index is 0.113. The third kappa shape index (κ3) is 8.02. The van der Waals surface area contributed by atoms with Crippen molar-refractivity contribution in [1.29, 1.82) is 0 Å². The Morgan fingerprint density at radius 3 is 1.82 bits per heavy atom. The summed E-state index contributed by atoms with van der Waals surface area (Å²) in [6.07, 6.45) is 0.113. The first kappa shape index (κ1) is 20.0. The van der Waals surface area contributed by atoms with Crippen molar-refractivity contribution in [3.05, 3.63) is 48.5 Å². The quantitative estimate of drug-likeness (QED) is 0.520. The molecular formula is C15H16Cl4O2Sn. The number of aromatic hydroxyl groups is 1. The molecule has 0 heterocycles. The molecule has 0 saturated heterocycles. The molecule has 0 aromatic heterocycles. The van der Waals surface area contributed by atoms with Gasteiger partial charge in [0.25, 0.3) is 0 Å². The fourth-order valence-corrected chi connectivity index (χ4v) is 1.75. The number of benzene rings is 2. The Labute approximate surface area is 149 Å². The van der Waals surface area contributed by atoms with Gasteiger partial charge in [-0.3, -0.25) is 0 Å². The predicted molar refractivity (Wildman–Crippen MR) is 98.5 cm³/mol. The summed E-state index contributed by atoms with van der Waals surface area (Å²) in [7, 11) is 20.1. The molecule has 0 saturated carbocycles. The molecule has 2 aromatic carbocycles. The van der Waals surface area contributed by atoms with Crippen LogP contribution < -0.4 is 4.74 Å². The Kier molecular flexibility index (Phi) is 8.50. The van der Waals surface area contributed by atoms with Gasteiger partial charge >= 0.3 is 49.6 Å². The Hall–Kier alpha value is -0.00130. The van der Waals surface area contributed by atoms with Gasteiger partial charge in [-0.2, -0.15) is 0 Å². The first-order valence-corrected chi connectivity index (χ1v) is 20.9. The van der Waals surface area contributed by atoms with E-state index in [1.54, 1.807) is 6.07 Å². The number of halogens is 4. The molecule has 0 aliphatic heterocycles. The summed E-state index contributed by atoms with van der Waals surface area (Å²) < 4.78 is 5.74. The Bertz CT molecular complexity index is 594. The summed E-state index contributed by atoms with van der Waals surface area (Å²) in [5.74, 6) is 1.07. The van der Waals surface area contributed by atoms with E-state index in [0.717, 1.165) is 16.9 Å².